The molecule has 0 aliphatic heterocycles. The average molecular weight is 389 g/mol. The summed E-state index contributed by atoms with van der Waals surface area (Å²) in [7, 11) is 0. The van der Waals surface area contributed by atoms with Gasteiger partial charge in [-0.1, -0.05) is 18.2 Å². The molecule has 0 aliphatic carbocycles. The van der Waals surface area contributed by atoms with Crippen molar-refractivity contribution in [3.8, 4) is 11.4 Å². The lowest BCUT2D eigenvalue weighted by Gasteiger charge is -2.09. The maximum atomic E-state index is 13.6. The molecular formula is C21H16FN5S. The van der Waals surface area contributed by atoms with Crippen LogP contribution >= 0.6 is 11.3 Å². The highest BCUT2D eigenvalue weighted by atomic mass is 32.1. The smallest absolute Gasteiger partial charge is 0.164 e. The van der Waals surface area contributed by atoms with Crippen molar-refractivity contribution in [2.75, 3.05) is 11.9 Å². The number of hydrogen-bond acceptors (Lipinski definition) is 5. The first-order chi connectivity index (χ1) is 13.8. The zero-order valence-corrected chi connectivity index (χ0v) is 15.6. The Kier molecular flexibility index (Phi) is 4.21. The van der Waals surface area contributed by atoms with Crippen molar-refractivity contribution in [2.45, 2.75) is 6.42 Å². The number of aromatic nitrogens is 4. The Morgan fingerprint density at radius 1 is 1.07 bits per heavy atom. The van der Waals surface area contributed by atoms with Crippen LogP contribution in [-0.2, 0) is 6.42 Å². The number of benzene rings is 1. The van der Waals surface area contributed by atoms with E-state index in [1.54, 1.807) is 6.20 Å². The van der Waals surface area contributed by atoms with Gasteiger partial charge in [-0.2, -0.15) is 0 Å². The molecule has 5 rings (SSSR count). The van der Waals surface area contributed by atoms with Crippen LogP contribution in [0.4, 0.5) is 10.2 Å². The normalized spacial score (nSPS) is 11.3. The Bertz CT molecular complexity index is 1280. The van der Waals surface area contributed by atoms with Crippen molar-refractivity contribution < 1.29 is 4.39 Å². The van der Waals surface area contributed by atoms with Crippen LogP contribution in [0.3, 0.4) is 0 Å². The Hall–Kier alpha value is -3.32. The number of pyridine rings is 1. The summed E-state index contributed by atoms with van der Waals surface area (Å²) in [5, 5.41) is 7.62. The van der Waals surface area contributed by atoms with Crippen LogP contribution in [0, 0.1) is 5.82 Å². The van der Waals surface area contributed by atoms with E-state index in [0.29, 0.717) is 11.4 Å². The van der Waals surface area contributed by atoms with Gasteiger partial charge < -0.3 is 10.3 Å². The van der Waals surface area contributed by atoms with Crippen molar-refractivity contribution in [3.63, 3.8) is 0 Å². The molecule has 2 N–H and O–H groups in total. The van der Waals surface area contributed by atoms with Crippen LogP contribution < -0.4 is 5.32 Å². The molecular weight excluding hydrogens is 373 g/mol. The van der Waals surface area contributed by atoms with E-state index < -0.39 is 5.82 Å². The standard InChI is InChI=1S/C21H16FN5S/c22-15-9-14(10-23-12-15)19-26-20(17-6-8-28-21(17)27-19)24-7-5-13-11-25-18-4-2-1-3-16(13)18/h1-4,6,8-12,25H,5,7H2,(H,24,26,27). The lowest BCUT2D eigenvalue weighted by molar-refractivity contribution is 0.622. The summed E-state index contributed by atoms with van der Waals surface area (Å²) >= 11 is 1.54. The maximum Gasteiger partial charge on any atom is 0.164 e. The van der Waals surface area contributed by atoms with Crippen molar-refractivity contribution in [1.82, 2.24) is 19.9 Å². The third-order valence-electron chi connectivity index (χ3n) is 4.65. The third-order valence-corrected chi connectivity index (χ3v) is 5.46. The van der Waals surface area contributed by atoms with Gasteiger partial charge in [0.15, 0.2) is 5.82 Å². The monoisotopic (exact) mass is 389 g/mol. The number of nitrogens with one attached hydrogen (secondary N) is 2. The topological polar surface area (TPSA) is 66.5 Å². The van der Waals surface area contributed by atoms with Crippen LogP contribution in [-0.4, -0.2) is 26.5 Å². The zero-order valence-electron chi connectivity index (χ0n) is 14.8. The molecule has 1 aromatic carbocycles. The summed E-state index contributed by atoms with van der Waals surface area (Å²) in [6.07, 6.45) is 5.66. The molecule has 0 aliphatic rings. The van der Waals surface area contributed by atoms with Crippen molar-refractivity contribution in [3.05, 3.63) is 71.7 Å². The molecule has 0 amide bonds. The molecule has 0 bridgehead atoms. The summed E-state index contributed by atoms with van der Waals surface area (Å²) in [6.45, 7) is 0.727. The number of aromatic amines is 1. The number of nitrogens with zero attached hydrogens (tertiary/aromatic N) is 3. The summed E-state index contributed by atoms with van der Waals surface area (Å²) < 4.78 is 13.6. The zero-order chi connectivity index (χ0) is 18.9. The second-order valence-electron chi connectivity index (χ2n) is 6.46. The van der Waals surface area contributed by atoms with Gasteiger partial charge in [-0.3, -0.25) is 4.98 Å². The molecule has 0 spiro atoms. The van der Waals surface area contributed by atoms with Crippen LogP contribution in [0.2, 0.25) is 0 Å². The molecule has 7 heteroatoms. The molecule has 0 saturated heterocycles. The van der Waals surface area contributed by atoms with Gasteiger partial charge >= 0.3 is 0 Å². The lowest BCUT2D eigenvalue weighted by atomic mass is 10.1. The van der Waals surface area contributed by atoms with E-state index in [1.807, 2.05) is 23.6 Å². The van der Waals surface area contributed by atoms with E-state index in [1.165, 1.54) is 34.5 Å². The fourth-order valence-corrected chi connectivity index (χ4v) is 4.07. The number of anilines is 1. The van der Waals surface area contributed by atoms with Gasteiger partial charge in [-0.15, -0.1) is 11.3 Å². The van der Waals surface area contributed by atoms with E-state index in [4.69, 9.17) is 0 Å². The molecule has 0 unspecified atom stereocenters. The van der Waals surface area contributed by atoms with Gasteiger partial charge in [0.1, 0.15) is 16.5 Å². The molecule has 0 radical (unpaired) electrons. The van der Waals surface area contributed by atoms with Crippen LogP contribution in [0.15, 0.2) is 60.4 Å². The van der Waals surface area contributed by atoms with E-state index in [2.05, 4.69) is 43.6 Å². The lowest BCUT2D eigenvalue weighted by Crippen LogP contribution is -2.07. The van der Waals surface area contributed by atoms with Crippen molar-refractivity contribution in [1.29, 1.82) is 0 Å². The van der Waals surface area contributed by atoms with Gasteiger partial charge in [0.25, 0.3) is 0 Å². The van der Waals surface area contributed by atoms with Gasteiger partial charge in [-0.05, 0) is 35.6 Å². The van der Waals surface area contributed by atoms with Crippen molar-refractivity contribution in [2.24, 2.45) is 0 Å². The molecule has 0 atom stereocenters. The number of hydrogen-bond donors (Lipinski definition) is 2. The van der Waals surface area contributed by atoms with Crippen LogP contribution in [0.5, 0.6) is 0 Å². The van der Waals surface area contributed by atoms with E-state index >= 15 is 0 Å². The first kappa shape index (κ1) is 16.8. The second-order valence-corrected chi connectivity index (χ2v) is 7.36. The fourth-order valence-electron chi connectivity index (χ4n) is 3.31. The number of fused-ring (bicyclic) bond motifs is 2. The Morgan fingerprint density at radius 2 is 2.00 bits per heavy atom. The Balaban J connectivity index is 1.43. The minimum absolute atomic E-state index is 0.402. The minimum Gasteiger partial charge on any atom is -0.369 e. The Labute approximate surface area is 164 Å². The summed E-state index contributed by atoms with van der Waals surface area (Å²) in [5.74, 6) is 0.822. The highest BCUT2D eigenvalue weighted by Gasteiger charge is 2.12. The largest absolute Gasteiger partial charge is 0.369 e. The van der Waals surface area contributed by atoms with Gasteiger partial charge in [0, 0.05) is 35.4 Å². The quantitative estimate of drug-likeness (QED) is 0.442. The molecule has 5 aromatic rings. The van der Waals surface area contributed by atoms with Crippen molar-refractivity contribution >= 4 is 38.3 Å². The number of para-hydroxylation sites is 1. The molecule has 4 aromatic heterocycles. The molecule has 138 valence electrons. The number of halogens is 1. The van der Waals surface area contributed by atoms with E-state index in [0.717, 1.165) is 34.5 Å². The van der Waals surface area contributed by atoms with Crippen LogP contribution in [0.25, 0.3) is 32.5 Å². The first-order valence-electron chi connectivity index (χ1n) is 8.93. The summed E-state index contributed by atoms with van der Waals surface area (Å²) in [4.78, 5) is 17.3. The molecule has 4 heterocycles. The second kappa shape index (κ2) is 7.01. The van der Waals surface area contributed by atoms with E-state index in [9.17, 15) is 4.39 Å². The Morgan fingerprint density at radius 3 is 2.93 bits per heavy atom. The molecule has 0 saturated carbocycles. The molecule has 0 fully saturated rings. The average Bonchev–Trinajstić information content (AvgIpc) is 3.35. The predicted octanol–water partition coefficient (Wildman–Crippen LogP) is 5.03. The van der Waals surface area contributed by atoms with Crippen LogP contribution in [0.1, 0.15) is 5.56 Å². The maximum absolute atomic E-state index is 13.6. The fraction of sp³-hybridized carbons (Fsp3) is 0.0952. The van der Waals surface area contributed by atoms with Gasteiger partial charge in [0.05, 0.1) is 11.6 Å². The SMILES string of the molecule is Fc1cncc(-c2nc(NCCc3c[nH]c4ccccc34)c3ccsc3n2)c1. The molecule has 5 nitrogen and oxygen atoms in total. The summed E-state index contributed by atoms with van der Waals surface area (Å²) in [6, 6.07) is 11.7. The molecule has 28 heavy (non-hydrogen) atoms. The number of thiophene rings is 1. The highest BCUT2D eigenvalue weighted by Crippen LogP contribution is 2.28. The first-order valence-corrected chi connectivity index (χ1v) is 9.81. The van der Waals surface area contributed by atoms with Gasteiger partial charge in [0.2, 0.25) is 0 Å². The summed E-state index contributed by atoms with van der Waals surface area (Å²) in [5.41, 5.74) is 2.96. The van der Waals surface area contributed by atoms with Gasteiger partial charge in [-0.25, -0.2) is 14.4 Å². The highest BCUT2D eigenvalue weighted by molar-refractivity contribution is 7.16. The predicted molar refractivity (Wildman–Crippen MR) is 111 cm³/mol. The van der Waals surface area contributed by atoms with E-state index in [-0.39, 0.29) is 0 Å². The minimum atomic E-state index is -0.402. The number of rotatable bonds is 5. The number of H-pyrrole nitrogens is 1. The third kappa shape index (κ3) is 3.10.